The molecule has 3 rings (SSSR count). The van der Waals surface area contributed by atoms with Gasteiger partial charge in [-0.15, -0.1) is 0 Å². The highest BCUT2D eigenvalue weighted by atomic mass is 16.2. The number of rotatable bonds is 3. The molecule has 5 heteroatoms. The lowest BCUT2D eigenvalue weighted by atomic mass is 10.0. The van der Waals surface area contributed by atoms with Crippen molar-refractivity contribution in [1.82, 2.24) is 5.32 Å². The minimum absolute atomic E-state index is 0.171. The number of anilines is 1. The van der Waals surface area contributed by atoms with E-state index >= 15 is 0 Å². The van der Waals surface area contributed by atoms with Gasteiger partial charge in [0.2, 0.25) is 0 Å². The number of benzene rings is 2. The number of piperazine rings is 1. The molecule has 1 N–H and O–H groups in total. The Morgan fingerprint density at radius 1 is 0.955 bits per heavy atom. The average Bonchev–Trinajstić information content (AvgIpc) is 2.57. The lowest BCUT2D eigenvalue weighted by Gasteiger charge is -2.28. The van der Waals surface area contributed by atoms with E-state index in [0.29, 0.717) is 29.9 Å². The molecule has 110 valence electrons. The van der Waals surface area contributed by atoms with Crippen molar-refractivity contribution < 1.29 is 14.4 Å². The second-order valence-corrected chi connectivity index (χ2v) is 4.92. The Labute approximate surface area is 127 Å². The van der Waals surface area contributed by atoms with Gasteiger partial charge in [0.25, 0.3) is 0 Å². The molecule has 0 spiro atoms. The van der Waals surface area contributed by atoms with Gasteiger partial charge >= 0.3 is 11.8 Å². The fraction of sp³-hybridized carbons (Fsp3) is 0.118. The summed E-state index contributed by atoms with van der Waals surface area (Å²) in [6.07, 6.45) is 0. The van der Waals surface area contributed by atoms with Crippen LogP contribution >= 0.6 is 0 Å². The van der Waals surface area contributed by atoms with Crippen molar-refractivity contribution >= 4 is 23.3 Å². The molecule has 0 unspecified atom stereocenters. The van der Waals surface area contributed by atoms with Crippen LogP contribution in [0.2, 0.25) is 0 Å². The molecule has 0 atom stereocenters. The molecule has 0 aliphatic carbocycles. The standard InChI is InChI=1S/C17H14N2O3/c20-15(12-6-2-1-3-7-12)13-8-4-5-9-14(13)19-11-10-18-16(21)17(19)22/h1-9H,10-11H2,(H,18,21). The summed E-state index contributed by atoms with van der Waals surface area (Å²) in [7, 11) is 0. The Balaban J connectivity index is 2.02. The van der Waals surface area contributed by atoms with Gasteiger partial charge < -0.3 is 10.2 Å². The van der Waals surface area contributed by atoms with Crippen molar-refractivity contribution in [3.05, 3.63) is 65.7 Å². The summed E-state index contributed by atoms with van der Waals surface area (Å²) in [6.45, 7) is 0.724. The number of carbonyl (C=O) groups is 3. The van der Waals surface area contributed by atoms with Gasteiger partial charge in [-0.1, -0.05) is 42.5 Å². The summed E-state index contributed by atoms with van der Waals surface area (Å²) >= 11 is 0. The quantitative estimate of drug-likeness (QED) is 0.687. The SMILES string of the molecule is O=C1NCCN(c2ccccc2C(=O)c2ccccc2)C1=O. The highest BCUT2D eigenvalue weighted by Gasteiger charge is 2.29. The largest absolute Gasteiger partial charge is 0.346 e. The molecule has 0 radical (unpaired) electrons. The molecule has 1 aliphatic rings. The van der Waals surface area contributed by atoms with Gasteiger partial charge in [-0.2, -0.15) is 0 Å². The van der Waals surface area contributed by atoms with Gasteiger partial charge in [0.15, 0.2) is 5.78 Å². The van der Waals surface area contributed by atoms with E-state index in [1.54, 1.807) is 48.5 Å². The highest BCUT2D eigenvalue weighted by Crippen LogP contribution is 2.24. The van der Waals surface area contributed by atoms with Crippen LogP contribution in [0.25, 0.3) is 0 Å². The molecule has 1 saturated heterocycles. The summed E-state index contributed by atoms with van der Waals surface area (Å²) < 4.78 is 0. The predicted octanol–water partition coefficient (Wildman–Crippen LogP) is 1.38. The number of hydrogen-bond acceptors (Lipinski definition) is 3. The third-order valence-corrected chi connectivity index (χ3v) is 3.54. The molecular formula is C17H14N2O3. The molecule has 2 aromatic carbocycles. The van der Waals surface area contributed by atoms with E-state index in [-0.39, 0.29) is 5.78 Å². The molecular weight excluding hydrogens is 280 g/mol. The molecule has 2 amide bonds. The van der Waals surface area contributed by atoms with E-state index in [4.69, 9.17) is 0 Å². The lowest BCUT2D eigenvalue weighted by molar-refractivity contribution is -0.138. The lowest BCUT2D eigenvalue weighted by Crippen LogP contribution is -2.52. The predicted molar refractivity (Wildman–Crippen MR) is 81.7 cm³/mol. The number of para-hydroxylation sites is 1. The van der Waals surface area contributed by atoms with Crippen molar-refractivity contribution in [2.75, 3.05) is 18.0 Å². The smallest absolute Gasteiger partial charge is 0.316 e. The number of nitrogens with zero attached hydrogens (tertiary/aromatic N) is 1. The number of hydrogen-bond donors (Lipinski definition) is 1. The molecule has 1 aliphatic heterocycles. The van der Waals surface area contributed by atoms with Gasteiger partial charge in [-0.25, -0.2) is 0 Å². The van der Waals surface area contributed by atoms with Crippen LogP contribution in [-0.4, -0.2) is 30.7 Å². The van der Waals surface area contributed by atoms with Crippen LogP contribution in [0.4, 0.5) is 5.69 Å². The van der Waals surface area contributed by atoms with Crippen molar-refractivity contribution in [2.24, 2.45) is 0 Å². The number of amides is 2. The minimum atomic E-state index is -0.645. The average molecular weight is 294 g/mol. The zero-order valence-corrected chi connectivity index (χ0v) is 11.8. The maximum absolute atomic E-state index is 12.7. The van der Waals surface area contributed by atoms with Crippen LogP contribution in [0.3, 0.4) is 0 Å². The van der Waals surface area contributed by atoms with Crippen LogP contribution in [0.5, 0.6) is 0 Å². The number of carbonyl (C=O) groups excluding carboxylic acids is 3. The molecule has 5 nitrogen and oxygen atoms in total. The van der Waals surface area contributed by atoms with Crippen molar-refractivity contribution in [3.63, 3.8) is 0 Å². The summed E-state index contributed by atoms with van der Waals surface area (Å²) in [5.41, 5.74) is 1.43. The maximum Gasteiger partial charge on any atom is 0.316 e. The molecule has 1 fully saturated rings. The third-order valence-electron chi connectivity index (χ3n) is 3.54. The van der Waals surface area contributed by atoms with Crippen molar-refractivity contribution in [1.29, 1.82) is 0 Å². The summed E-state index contributed by atoms with van der Waals surface area (Å²) in [5, 5.41) is 2.50. The molecule has 0 aromatic heterocycles. The summed E-state index contributed by atoms with van der Waals surface area (Å²) in [6, 6.07) is 15.7. The van der Waals surface area contributed by atoms with Gasteiger partial charge in [0.05, 0.1) is 5.69 Å². The first-order valence-electron chi connectivity index (χ1n) is 6.97. The Bertz CT molecular complexity index is 741. The second-order valence-electron chi connectivity index (χ2n) is 4.92. The second kappa shape index (κ2) is 5.81. The fourth-order valence-electron chi connectivity index (χ4n) is 2.46. The normalized spacial score (nSPS) is 14.6. The first-order chi connectivity index (χ1) is 10.7. The first kappa shape index (κ1) is 14.0. The zero-order chi connectivity index (χ0) is 15.5. The summed E-state index contributed by atoms with van der Waals surface area (Å²) in [5.74, 6) is -1.46. The Morgan fingerprint density at radius 3 is 2.41 bits per heavy atom. The first-order valence-corrected chi connectivity index (χ1v) is 6.97. The highest BCUT2D eigenvalue weighted by molar-refractivity contribution is 6.41. The van der Waals surface area contributed by atoms with E-state index in [1.165, 1.54) is 4.90 Å². The molecule has 1 heterocycles. The molecule has 0 bridgehead atoms. The number of nitrogens with one attached hydrogen (secondary N) is 1. The van der Waals surface area contributed by atoms with Crippen LogP contribution in [0, 0.1) is 0 Å². The van der Waals surface area contributed by atoms with Crippen LogP contribution in [0.1, 0.15) is 15.9 Å². The topological polar surface area (TPSA) is 66.5 Å². The van der Waals surface area contributed by atoms with Crippen molar-refractivity contribution in [3.8, 4) is 0 Å². The van der Waals surface area contributed by atoms with Gasteiger partial charge in [-0.3, -0.25) is 14.4 Å². The van der Waals surface area contributed by atoms with Gasteiger partial charge in [0.1, 0.15) is 0 Å². The van der Waals surface area contributed by atoms with Crippen LogP contribution in [-0.2, 0) is 9.59 Å². The Morgan fingerprint density at radius 2 is 1.64 bits per heavy atom. The minimum Gasteiger partial charge on any atom is -0.346 e. The number of ketones is 1. The maximum atomic E-state index is 12.7. The van der Waals surface area contributed by atoms with E-state index in [9.17, 15) is 14.4 Å². The molecule has 22 heavy (non-hydrogen) atoms. The van der Waals surface area contributed by atoms with Crippen LogP contribution in [0.15, 0.2) is 54.6 Å². The Kier molecular flexibility index (Phi) is 3.70. The zero-order valence-electron chi connectivity index (χ0n) is 11.8. The van der Waals surface area contributed by atoms with Gasteiger partial charge in [-0.05, 0) is 12.1 Å². The van der Waals surface area contributed by atoms with E-state index in [1.807, 2.05) is 6.07 Å². The third kappa shape index (κ3) is 2.48. The fourth-order valence-corrected chi connectivity index (χ4v) is 2.46. The van der Waals surface area contributed by atoms with Crippen LogP contribution < -0.4 is 10.2 Å². The Hall–Kier alpha value is -2.95. The van der Waals surface area contributed by atoms with E-state index < -0.39 is 11.8 Å². The molecule has 2 aromatic rings. The summed E-state index contributed by atoms with van der Waals surface area (Å²) in [4.78, 5) is 37.6. The van der Waals surface area contributed by atoms with E-state index in [2.05, 4.69) is 5.32 Å². The van der Waals surface area contributed by atoms with Crippen molar-refractivity contribution in [2.45, 2.75) is 0 Å². The molecule has 0 saturated carbocycles. The van der Waals surface area contributed by atoms with E-state index in [0.717, 1.165) is 0 Å². The van der Waals surface area contributed by atoms with Gasteiger partial charge in [0, 0.05) is 24.2 Å². The monoisotopic (exact) mass is 294 g/mol.